The van der Waals surface area contributed by atoms with E-state index in [2.05, 4.69) is 5.32 Å². The Morgan fingerprint density at radius 2 is 2.12 bits per heavy atom. The molecule has 1 unspecified atom stereocenters. The molecule has 0 spiro atoms. The van der Waals surface area contributed by atoms with Crippen molar-refractivity contribution in [1.82, 2.24) is 0 Å². The van der Waals surface area contributed by atoms with Gasteiger partial charge >= 0.3 is 0 Å². The van der Waals surface area contributed by atoms with Crippen molar-refractivity contribution in [3.63, 3.8) is 0 Å². The van der Waals surface area contributed by atoms with Gasteiger partial charge in [-0.2, -0.15) is 11.8 Å². The van der Waals surface area contributed by atoms with Crippen LogP contribution in [0.5, 0.6) is 0 Å². The Bertz CT molecular complexity index is 358. The molecule has 3 N–H and O–H groups in total. The van der Waals surface area contributed by atoms with E-state index in [0.29, 0.717) is 12.5 Å². The number of rotatable bonds is 5. The lowest BCUT2D eigenvalue weighted by atomic mass is 10.2. The van der Waals surface area contributed by atoms with Gasteiger partial charge in [-0.05, 0) is 30.1 Å². The van der Waals surface area contributed by atoms with Gasteiger partial charge in [0.2, 0.25) is 0 Å². The number of anilines is 2. The van der Waals surface area contributed by atoms with E-state index in [-0.39, 0.29) is 11.4 Å². The van der Waals surface area contributed by atoms with E-state index in [1.165, 1.54) is 6.07 Å². The van der Waals surface area contributed by atoms with Gasteiger partial charge in [0.1, 0.15) is 0 Å². The van der Waals surface area contributed by atoms with Crippen LogP contribution < -0.4 is 11.1 Å². The third kappa shape index (κ3) is 3.27. The molecule has 16 heavy (non-hydrogen) atoms. The fourth-order valence-electron chi connectivity index (χ4n) is 1.36. The first-order chi connectivity index (χ1) is 7.56. The standard InChI is InChI=1S/C11H16F2N2S/c1-7(6-16-2)5-15-11-9(14)4-3-8(12)10(11)13/h3-4,7,15H,5-6,14H2,1-2H3. The van der Waals surface area contributed by atoms with Gasteiger partial charge in [-0.25, -0.2) is 8.78 Å². The van der Waals surface area contributed by atoms with Crippen LogP contribution in [0.2, 0.25) is 0 Å². The monoisotopic (exact) mass is 246 g/mol. The number of nitrogens with two attached hydrogens (primary N) is 1. The second kappa shape index (κ2) is 5.94. The van der Waals surface area contributed by atoms with Crippen LogP contribution in [0.4, 0.5) is 20.2 Å². The van der Waals surface area contributed by atoms with Crippen LogP contribution in [-0.2, 0) is 0 Å². The zero-order valence-corrected chi connectivity index (χ0v) is 10.2. The molecule has 0 saturated carbocycles. The molecule has 0 fully saturated rings. The summed E-state index contributed by atoms with van der Waals surface area (Å²) in [6.45, 7) is 2.61. The van der Waals surface area contributed by atoms with Gasteiger partial charge in [0.25, 0.3) is 0 Å². The minimum absolute atomic E-state index is 0.0629. The van der Waals surface area contributed by atoms with Crippen molar-refractivity contribution in [3.05, 3.63) is 23.8 Å². The molecule has 90 valence electrons. The van der Waals surface area contributed by atoms with Gasteiger partial charge in [0.05, 0.1) is 11.4 Å². The summed E-state index contributed by atoms with van der Waals surface area (Å²) in [5, 5.41) is 2.85. The Morgan fingerprint density at radius 1 is 1.44 bits per heavy atom. The van der Waals surface area contributed by atoms with E-state index in [1.54, 1.807) is 11.8 Å². The largest absolute Gasteiger partial charge is 0.397 e. The van der Waals surface area contributed by atoms with Crippen LogP contribution in [-0.4, -0.2) is 18.6 Å². The van der Waals surface area contributed by atoms with E-state index in [0.717, 1.165) is 11.8 Å². The maximum Gasteiger partial charge on any atom is 0.183 e. The lowest BCUT2D eigenvalue weighted by Crippen LogP contribution is -2.15. The van der Waals surface area contributed by atoms with E-state index >= 15 is 0 Å². The van der Waals surface area contributed by atoms with Crippen LogP contribution in [0.3, 0.4) is 0 Å². The fourth-order valence-corrected chi connectivity index (χ4v) is 2.05. The molecule has 0 aliphatic heterocycles. The highest BCUT2D eigenvalue weighted by Crippen LogP contribution is 2.24. The van der Waals surface area contributed by atoms with E-state index < -0.39 is 11.6 Å². The molecule has 0 radical (unpaired) electrons. The van der Waals surface area contributed by atoms with Gasteiger partial charge in [-0.15, -0.1) is 0 Å². The Morgan fingerprint density at radius 3 is 2.75 bits per heavy atom. The average Bonchev–Trinajstić information content (AvgIpc) is 2.24. The minimum atomic E-state index is -0.906. The summed E-state index contributed by atoms with van der Waals surface area (Å²) in [4.78, 5) is 0. The Balaban J connectivity index is 2.70. The van der Waals surface area contributed by atoms with Crippen molar-refractivity contribution in [2.24, 2.45) is 5.92 Å². The first kappa shape index (κ1) is 13.1. The average molecular weight is 246 g/mol. The van der Waals surface area contributed by atoms with E-state index in [1.807, 2.05) is 13.2 Å². The Labute approximate surface area is 98.6 Å². The highest BCUT2D eigenvalue weighted by Gasteiger charge is 2.12. The molecule has 0 saturated heterocycles. The first-order valence-electron chi connectivity index (χ1n) is 5.02. The molecule has 0 heterocycles. The summed E-state index contributed by atoms with van der Waals surface area (Å²) < 4.78 is 26.3. The molecule has 1 rings (SSSR count). The lowest BCUT2D eigenvalue weighted by molar-refractivity contribution is 0.510. The second-order valence-corrected chi connectivity index (χ2v) is 4.68. The topological polar surface area (TPSA) is 38.0 Å². The first-order valence-corrected chi connectivity index (χ1v) is 6.42. The number of hydrogen-bond acceptors (Lipinski definition) is 3. The zero-order valence-electron chi connectivity index (χ0n) is 9.39. The highest BCUT2D eigenvalue weighted by atomic mass is 32.2. The quantitative estimate of drug-likeness (QED) is 0.784. The molecule has 1 aromatic carbocycles. The third-order valence-corrected chi connectivity index (χ3v) is 3.11. The number of benzene rings is 1. The second-order valence-electron chi connectivity index (χ2n) is 3.77. The lowest BCUT2D eigenvalue weighted by Gasteiger charge is -2.14. The summed E-state index contributed by atoms with van der Waals surface area (Å²) in [5.74, 6) is -0.452. The molecule has 5 heteroatoms. The summed E-state index contributed by atoms with van der Waals surface area (Å²) in [6, 6.07) is 2.39. The van der Waals surface area contributed by atoms with Crippen molar-refractivity contribution in [2.45, 2.75) is 6.92 Å². The number of nitrogen functional groups attached to an aromatic ring is 1. The number of nitrogens with one attached hydrogen (secondary N) is 1. The van der Waals surface area contributed by atoms with Crippen LogP contribution >= 0.6 is 11.8 Å². The van der Waals surface area contributed by atoms with Crippen molar-refractivity contribution >= 4 is 23.1 Å². The van der Waals surface area contributed by atoms with Gasteiger partial charge in [0.15, 0.2) is 11.6 Å². The number of hydrogen-bond donors (Lipinski definition) is 2. The van der Waals surface area contributed by atoms with Gasteiger partial charge < -0.3 is 11.1 Å². The molecule has 0 amide bonds. The van der Waals surface area contributed by atoms with Crippen LogP contribution in [0, 0.1) is 17.6 Å². The normalized spacial score (nSPS) is 12.5. The molecule has 1 aromatic rings. The smallest absolute Gasteiger partial charge is 0.183 e. The Kier molecular flexibility index (Phi) is 4.86. The summed E-state index contributed by atoms with van der Waals surface area (Å²) in [6.07, 6.45) is 2.01. The van der Waals surface area contributed by atoms with Crippen molar-refractivity contribution < 1.29 is 8.78 Å². The zero-order chi connectivity index (χ0) is 12.1. The molecule has 0 bridgehead atoms. The van der Waals surface area contributed by atoms with E-state index in [4.69, 9.17) is 5.73 Å². The minimum Gasteiger partial charge on any atom is -0.397 e. The molecular weight excluding hydrogens is 230 g/mol. The van der Waals surface area contributed by atoms with Crippen molar-refractivity contribution in [2.75, 3.05) is 29.6 Å². The van der Waals surface area contributed by atoms with E-state index in [9.17, 15) is 8.78 Å². The summed E-state index contributed by atoms with van der Waals surface area (Å²) in [7, 11) is 0. The van der Waals surface area contributed by atoms with Crippen LogP contribution in [0.25, 0.3) is 0 Å². The number of halogens is 2. The Hall–Kier alpha value is -0.970. The molecule has 2 nitrogen and oxygen atoms in total. The van der Waals surface area contributed by atoms with Crippen molar-refractivity contribution in [1.29, 1.82) is 0 Å². The predicted octanol–water partition coefficient (Wildman–Crippen LogP) is 2.96. The maximum atomic E-state index is 13.4. The summed E-state index contributed by atoms with van der Waals surface area (Å²) in [5.41, 5.74) is 5.87. The predicted molar refractivity (Wildman–Crippen MR) is 66.8 cm³/mol. The molecule has 0 aromatic heterocycles. The molecular formula is C11H16F2N2S. The highest BCUT2D eigenvalue weighted by molar-refractivity contribution is 7.98. The molecule has 0 aliphatic carbocycles. The molecule has 1 atom stereocenters. The maximum absolute atomic E-state index is 13.4. The summed E-state index contributed by atoms with van der Waals surface area (Å²) >= 11 is 1.72. The van der Waals surface area contributed by atoms with Gasteiger partial charge in [0, 0.05) is 6.54 Å². The van der Waals surface area contributed by atoms with Crippen LogP contribution in [0.15, 0.2) is 12.1 Å². The molecule has 0 aliphatic rings. The van der Waals surface area contributed by atoms with Gasteiger partial charge in [-0.1, -0.05) is 6.92 Å². The van der Waals surface area contributed by atoms with Crippen molar-refractivity contribution in [3.8, 4) is 0 Å². The van der Waals surface area contributed by atoms with Gasteiger partial charge in [-0.3, -0.25) is 0 Å². The van der Waals surface area contributed by atoms with Crippen LogP contribution in [0.1, 0.15) is 6.92 Å². The fraction of sp³-hybridized carbons (Fsp3) is 0.455. The third-order valence-electron chi connectivity index (χ3n) is 2.21. The SMILES string of the molecule is CSCC(C)CNc1c(N)ccc(F)c1F. The number of thioether (sulfide) groups is 1.